The molecule has 2 aromatic heterocycles. The molecule has 2 aromatic carbocycles. The number of anilines is 2. The van der Waals surface area contributed by atoms with Gasteiger partial charge in [0, 0.05) is 38.4 Å². The van der Waals surface area contributed by atoms with Crippen LogP contribution >= 0.6 is 0 Å². The highest BCUT2D eigenvalue weighted by Crippen LogP contribution is 2.30. The van der Waals surface area contributed by atoms with Crippen LogP contribution in [0.2, 0.25) is 0 Å². The molecule has 0 saturated heterocycles. The predicted octanol–water partition coefficient (Wildman–Crippen LogP) is 4.21. The molecule has 0 saturated carbocycles. The van der Waals surface area contributed by atoms with Crippen molar-refractivity contribution in [2.45, 2.75) is 32.9 Å². The number of aromatic nitrogens is 4. The van der Waals surface area contributed by atoms with Crippen molar-refractivity contribution in [3.63, 3.8) is 0 Å². The second-order valence-corrected chi connectivity index (χ2v) is 8.64. The zero-order valence-electron chi connectivity index (χ0n) is 21.7. The normalized spacial score (nSPS) is 11.1. The van der Waals surface area contributed by atoms with Crippen molar-refractivity contribution in [2.24, 2.45) is 0 Å². The summed E-state index contributed by atoms with van der Waals surface area (Å²) in [5.74, 6) is 3.06. The quantitative estimate of drug-likeness (QED) is 0.216. The number of methoxy groups -OCH3 is 2. The number of fused-ring (bicyclic) bond motifs is 1. The van der Waals surface area contributed by atoms with Gasteiger partial charge in [-0.15, -0.1) is 0 Å². The number of nitrogens with two attached hydrogens (primary N) is 1. The van der Waals surface area contributed by atoms with Gasteiger partial charge >= 0.3 is 0 Å². The molecule has 0 fully saturated rings. The Morgan fingerprint density at radius 2 is 1.81 bits per heavy atom. The van der Waals surface area contributed by atoms with Crippen LogP contribution in [-0.2, 0) is 17.8 Å². The number of nitrogens with zero attached hydrogens (tertiary/aromatic N) is 4. The van der Waals surface area contributed by atoms with Gasteiger partial charge in [-0.3, -0.25) is 4.68 Å². The van der Waals surface area contributed by atoms with Crippen LogP contribution < -0.4 is 25.8 Å². The zero-order valence-corrected chi connectivity index (χ0v) is 21.7. The zero-order chi connectivity index (χ0) is 26.0. The molecule has 0 unspecified atom stereocenters. The van der Waals surface area contributed by atoms with Gasteiger partial charge in [0.1, 0.15) is 28.3 Å². The van der Waals surface area contributed by atoms with Crippen LogP contribution in [0.1, 0.15) is 30.9 Å². The van der Waals surface area contributed by atoms with Crippen LogP contribution in [0.15, 0.2) is 48.7 Å². The highest BCUT2D eigenvalue weighted by molar-refractivity contribution is 5.86. The second kappa shape index (κ2) is 12.9. The summed E-state index contributed by atoms with van der Waals surface area (Å²) in [7, 11) is 3.35. The van der Waals surface area contributed by atoms with E-state index in [2.05, 4.69) is 32.6 Å². The lowest BCUT2D eigenvalue weighted by molar-refractivity contribution is 0.199. The summed E-state index contributed by atoms with van der Waals surface area (Å²) in [6.45, 7) is 5.71. The molecular formula is C27H35N7O3. The fourth-order valence-corrected chi connectivity index (χ4v) is 3.94. The lowest BCUT2D eigenvalue weighted by atomic mass is 10.2. The third-order valence-corrected chi connectivity index (χ3v) is 5.88. The summed E-state index contributed by atoms with van der Waals surface area (Å²) >= 11 is 0. The standard InChI is InChI=1S/C27H35N7O3/c1-4-5-12-30-26-25-23(32-27(28)33-26)17-31-34(25)18-20-8-11-22(15-24(20)36-3)37-21-9-6-19(7-10-21)16-29-13-14-35-2/h6-11,15,17,29H,4-5,12-14,16,18H2,1-3H3,(H3,28,30,32,33). The number of benzene rings is 2. The number of hydrogen-bond donors (Lipinski definition) is 3. The Morgan fingerprint density at radius 1 is 1.00 bits per heavy atom. The van der Waals surface area contributed by atoms with Crippen LogP contribution in [0.5, 0.6) is 17.2 Å². The molecule has 0 amide bonds. The first-order valence-corrected chi connectivity index (χ1v) is 12.5. The van der Waals surface area contributed by atoms with Gasteiger partial charge in [-0.25, -0.2) is 4.98 Å². The fourth-order valence-electron chi connectivity index (χ4n) is 3.94. The minimum atomic E-state index is 0.223. The third kappa shape index (κ3) is 6.87. The summed E-state index contributed by atoms with van der Waals surface area (Å²) in [6, 6.07) is 13.8. The molecule has 10 heteroatoms. The van der Waals surface area contributed by atoms with Crippen molar-refractivity contribution >= 4 is 22.8 Å². The topological polar surface area (TPSA) is 121 Å². The molecule has 0 atom stereocenters. The highest BCUT2D eigenvalue weighted by atomic mass is 16.5. The second-order valence-electron chi connectivity index (χ2n) is 8.64. The van der Waals surface area contributed by atoms with Gasteiger partial charge in [0.25, 0.3) is 0 Å². The number of ether oxygens (including phenoxy) is 3. The predicted molar refractivity (Wildman–Crippen MR) is 145 cm³/mol. The lowest BCUT2D eigenvalue weighted by Crippen LogP contribution is -2.18. The summed E-state index contributed by atoms with van der Waals surface area (Å²) in [4.78, 5) is 8.76. The number of unbranched alkanes of at least 4 members (excludes halogenated alkanes) is 1. The van der Waals surface area contributed by atoms with Crippen LogP contribution in [0.4, 0.5) is 11.8 Å². The maximum Gasteiger partial charge on any atom is 0.222 e. The first kappa shape index (κ1) is 26.2. The molecule has 0 radical (unpaired) electrons. The minimum Gasteiger partial charge on any atom is -0.496 e. The Kier molecular flexibility index (Phi) is 9.12. The molecule has 10 nitrogen and oxygen atoms in total. The smallest absolute Gasteiger partial charge is 0.222 e. The molecule has 0 spiro atoms. The lowest BCUT2D eigenvalue weighted by Gasteiger charge is -2.14. The molecule has 0 bridgehead atoms. The van der Waals surface area contributed by atoms with E-state index in [-0.39, 0.29) is 5.95 Å². The van der Waals surface area contributed by atoms with Crippen LogP contribution in [0, 0.1) is 0 Å². The van der Waals surface area contributed by atoms with Crippen LogP contribution in [0.25, 0.3) is 11.0 Å². The van der Waals surface area contributed by atoms with Crippen molar-refractivity contribution in [2.75, 3.05) is 45.0 Å². The Morgan fingerprint density at radius 3 is 2.57 bits per heavy atom. The number of rotatable bonds is 14. The van der Waals surface area contributed by atoms with Gasteiger partial charge in [0.15, 0.2) is 5.82 Å². The molecule has 0 aliphatic rings. The SMILES string of the molecule is CCCCNc1nc(N)nc2cnn(Cc3ccc(Oc4ccc(CNCCOC)cc4)cc3OC)c12. The summed E-state index contributed by atoms with van der Waals surface area (Å²) in [6.07, 6.45) is 3.82. The third-order valence-electron chi connectivity index (χ3n) is 5.88. The van der Waals surface area contributed by atoms with Crippen molar-refractivity contribution < 1.29 is 14.2 Å². The molecule has 0 aliphatic heterocycles. The van der Waals surface area contributed by atoms with Gasteiger partial charge < -0.3 is 30.6 Å². The van der Waals surface area contributed by atoms with E-state index in [0.29, 0.717) is 36.0 Å². The van der Waals surface area contributed by atoms with E-state index >= 15 is 0 Å². The molecule has 4 rings (SSSR count). The maximum absolute atomic E-state index is 6.08. The fraction of sp³-hybridized carbons (Fsp3) is 0.370. The Bertz CT molecular complexity index is 1290. The summed E-state index contributed by atoms with van der Waals surface area (Å²) in [5, 5.41) is 11.3. The van der Waals surface area contributed by atoms with Crippen molar-refractivity contribution in [3.05, 3.63) is 59.8 Å². The molecule has 37 heavy (non-hydrogen) atoms. The van der Waals surface area contributed by atoms with Gasteiger partial charge in [-0.1, -0.05) is 25.5 Å². The van der Waals surface area contributed by atoms with E-state index in [1.165, 1.54) is 5.56 Å². The molecular weight excluding hydrogens is 470 g/mol. The van der Waals surface area contributed by atoms with Crippen LogP contribution in [-0.4, -0.2) is 53.7 Å². The van der Waals surface area contributed by atoms with Gasteiger partial charge in [0.2, 0.25) is 5.95 Å². The molecule has 0 aliphatic carbocycles. The Balaban J connectivity index is 1.48. The van der Waals surface area contributed by atoms with Crippen LogP contribution in [0.3, 0.4) is 0 Å². The summed E-state index contributed by atoms with van der Waals surface area (Å²) in [5.41, 5.74) is 9.55. The Hall–Kier alpha value is -3.89. The van der Waals surface area contributed by atoms with E-state index in [4.69, 9.17) is 19.9 Å². The monoisotopic (exact) mass is 505 g/mol. The highest BCUT2D eigenvalue weighted by Gasteiger charge is 2.15. The van der Waals surface area contributed by atoms with Crippen molar-refractivity contribution in [3.8, 4) is 17.2 Å². The van der Waals surface area contributed by atoms with Gasteiger partial charge in [-0.05, 0) is 36.2 Å². The van der Waals surface area contributed by atoms with Gasteiger partial charge in [0.05, 0.1) is 26.5 Å². The molecule has 2 heterocycles. The van der Waals surface area contributed by atoms with E-state index in [0.717, 1.165) is 49.3 Å². The first-order chi connectivity index (χ1) is 18.1. The average Bonchev–Trinajstić information content (AvgIpc) is 3.31. The summed E-state index contributed by atoms with van der Waals surface area (Å²) < 4.78 is 18.7. The number of hydrogen-bond acceptors (Lipinski definition) is 9. The average molecular weight is 506 g/mol. The van der Waals surface area contributed by atoms with E-state index < -0.39 is 0 Å². The van der Waals surface area contributed by atoms with Crippen molar-refractivity contribution in [1.82, 2.24) is 25.1 Å². The number of nitrogen functional groups attached to an aromatic ring is 1. The first-order valence-electron chi connectivity index (χ1n) is 12.5. The molecule has 4 N–H and O–H groups in total. The number of nitrogens with one attached hydrogen (secondary N) is 2. The molecule has 196 valence electrons. The minimum absolute atomic E-state index is 0.223. The molecule has 4 aromatic rings. The largest absolute Gasteiger partial charge is 0.496 e. The van der Waals surface area contributed by atoms with E-state index in [1.807, 2.05) is 47.1 Å². The van der Waals surface area contributed by atoms with E-state index in [1.54, 1.807) is 20.4 Å². The van der Waals surface area contributed by atoms with E-state index in [9.17, 15) is 0 Å². The van der Waals surface area contributed by atoms with Gasteiger partial charge in [-0.2, -0.15) is 10.1 Å². The Labute approximate surface area is 217 Å². The maximum atomic E-state index is 6.08. The van der Waals surface area contributed by atoms with Crippen molar-refractivity contribution in [1.29, 1.82) is 0 Å².